The molecule has 208 valence electrons. The number of nitrogens with zero attached hydrogens (tertiary/aromatic N) is 2. The number of aryl methyl sites for hydroxylation is 3. The fourth-order valence-corrected chi connectivity index (χ4v) is 5.62. The topological polar surface area (TPSA) is 86.8 Å². The van der Waals surface area contributed by atoms with E-state index in [4.69, 9.17) is 0 Å². The zero-order valence-corrected chi connectivity index (χ0v) is 24.7. The van der Waals surface area contributed by atoms with Crippen LogP contribution in [0.4, 0.5) is 5.69 Å². The van der Waals surface area contributed by atoms with Gasteiger partial charge in [0.2, 0.25) is 11.8 Å². The van der Waals surface area contributed by atoms with E-state index in [9.17, 15) is 18.0 Å². The number of carbonyl (C=O) groups excluding carboxylic acids is 2. The normalized spacial score (nSPS) is 12.5. The lowest BCUT2D eigenvalue weighted by Crippen LogP contribution is -2.54. The predicted octanol–water partition coefficient (Wildman–Crippen LogP) is 5.14. The fourth-order valence-electron chi connectivity index (χ4n) is 4.21. The monoisotopic (exact) mass is 549 g/mol. The Kier molecular flexibility index (Phi) is 9.22. The highest BCUT2D eigenvalue weighted by Crippen LogP contribution is 2.26. The van der Waals surface area contributed by atoms with Crippen molar-refractivity contribution in [1.82, 2.24) is 10.2 Å². The van der Waals surface area contributed by atoms with Crippen LogP contribution in [0.15, 0.2) is 77.7 Å². The minimum absolute atomic E-state index is 0.0890. The molecule has 2 amide bonds. The van der Waals surface area contributed by atoms with Crippen LogP contribution in [0.25, 0.3) is 0 Å². The van der Waals surface area contributed by atoms with E-state index in [1.54, 1.807) is 49.4 Å². The molecule has 8 heteroatoms. The number of nitrogens with one attached hydrogen (secondary N) is 1. The van der Waals surface area contributed by atoms with Gasteiger partial charge in [0, 0.05) is 12.1 Å². The Bertz CT molecular complexity index is 1430. The van der Waals surface area contributed by atoms with Crippen LogP contribution < -0.4 is 9.62 Å². The molecule has 3 aromatic rings. The number of amides is 2. The van der Waals surface area contributed by atoms with Crippen molar-refractivity contribution in [3.8, 4) is 0 Å². The highest BCUT2D eigenvalue weighted by molar-refractivity contribution is 7.92. The first-order valence-electron chi connectivity index (χ1n) is 13.0. The highest BCUT2D eigenvalue weighted by atomic mass is 32.2. The third-order valence-electron chi connectivity index (χ3n) is 6.28. The summed E-state index contributed by atoms with van der Waals surface area (Å²) in [6, 6.07) is 20.4. The second-order valence-corrected chi connectivity index (χ2v) is 13.0. The van der Waals surface area contributed by atoms with E-state index in [1.165, 1.54) is 4.90 Å². The van der Waals surface area contributed by atoms with E-state index in [0.717, 1.165) is 26.6 Å². The number of benzene rings is 3. The molecule has 7 nitrogen and oxygen atoms in total. The van der Waals surface area contributed by atoms with E-state index in [2.05, 4.69) is 5.32 Å². The van der Waals surface area contributed by atoms with Crippen LogP contribution in [-0.2, 0) is 26.2 Å². The molecular formula is C31H39N3O4S. The molecule has 0 heterocycles. The van der Waals surface area contributed by atoms with Gasteiger partial charge in [0.05, 0.1) is 10.6 Å². The molecular weight excluding hydrogens is 510 g/mol. The lowest BCUT2D eigenvalue weighted by atomic mass is 10.1. The summed E-state index contributed by atoms with van der Waals surface area (Å²) in [6.07, 6.45) is 0. The largest absolute Gasteiger partial charge is 0.350 e. The number of sulfonamides is 1. The SMILES string of the molecule is Cc1ccc(S(=O)(=O)N(CC(=O)N(Cc2cccc(C)c2)C(C)C(=O)NC(C)(C)C)c2cccc(C)c2)cc1. The molecule has 0 radical (unpaired) electrons. The Balaban J connectivity index is 2.04. The molecule has 3 rings (SSSR count). The van der Waals surface area contributed by atoms with E-state index in [-0.39, 0.29) is 17.3 Å². The van der Waals surface area contributed by atoms with Gasteiger partial charge < -0.3 is 10.2 Å². The third-order valence-corrected chi connectivity index (χ3v) is 8.07. The van der Waals surface area contributed by atoms with Crippen LogP contribution in [0, 0.1) is 20.8 Å². The van der Waals surface area contributed by atoms with Gasteiger partial charge in [-0.1, -0.05) is 59.7 Å². The van der Waals surface area contributed by atoms with E-state index < -0.39 is 34.1 Å². The fraction of sp³-hybridized carbons (Fsp3) is 0.355. The van der Waals surface area contributed by atoms with E-state index >= 15 is 0 Å². The van der Waals surface area contributed by atoms with Gasteiger partial charge in [0.25, 0.3) is 10.0 Å². The molecule has 0 saturated heterocycles. The summed E-state index contributed by atoms with van der Waals surface area (Å²) in [5.41, 5.74) is 3.54. The molecule has 1 unspecified atom stereocenters. The first-order chi connectivity index (χ1) is 18.2. The standard InChI is InChI=1S/C31H39N3O4S/c1-22-14-16-28(17-15-22)39(37,38)34(27-13-9-11-24(3)19-27)21-29(35)33(20-26-12-8-10-23(2)18-26)25(4)30(36)32-31(5,6)7/h8-19,25H,20-21H2,1-7H3,(H,32,36). The maximum Gasteiger partial charge on any atom is 0.264 e. The Labute approximate surface area is 232 Å². The van der Waals surface area contributed by atoms with Gasteiger partial charge in [-0.15, -0.1) is 0 Å². The van der Waals surface area contributed by atoms with E-state index in [1.807, 2.05) is 71.9 Å². The molecule has 3 aromatic carbocycles. The molecule has 1 atom stereocenters. The van der Waals surface area contributed by atoms with Crippen LogP contribution >= 0.6 is 0 Å². The minimum Gasteiger partial charge on any atom is -0.350 e. The van der Waals surface area contributed by atoms with Crippen molar-refractivity contribution in [2.45, 2.75) is 71.5 Å². The van der Waals surface area contributed by atoms with Gasteiger partial charge in [-0.3, -0.25) is 13.9 Å². The molecule has 0 aliphatic rings. The van der Waals surface area contributed by atoms with Crippen LogP contribution in [0.5, 0.6) is 0 Å². The maximum absolute atomic E-state index is 14.0. The molecule has 0 aromatic heterocycles. The number of rotatable bonds is 9. The van der Waals surface area contributed by atoms with Crippen LogP contribution in [0.2, 0.25) is 0 Å². The van der Waals surface area contributed by atoms with Gasteiger partial charge in [-0.05, 0) is 83.9 Å². The molecule has 0 saturated carbocycles. The van der Waals surface area contributed by atoms with Crippen molar-refractivity contribution >= 4 is 27.5 Å². The number of carbonyl (C=O) groups is 2. The highest BCUT2D eigenvalue weighted by Gasteiger charge is 2.33. The summed E-state index contributed by atoms with van der Waals surface area (Å²) in [5.74, 6) is -0.794. The second kappa shape index (κ2) is 12.0. The summed E-state index contributed by atoms with van der Waals surface area (Å²) in [7, 11) is -4.09. The average Bonchev–Trinajstić information content (AvgIpc) is 2.84. The Hall–Kier alpha value is -3.65. The predicted molar refractivity (Wildman–Crippen MR) is 156 cm³/mol. The van der Waals surface area contributed by atoms with Crippen LogP contribution in [0.1, 0.15) is 49.9 Å². The molecule has 0 fully saturated rings. The van der Waals surface area contributed by atoms with Crippen molar-refractivity contribution < 1.29 is 18.0 Å². The lowest BCUT2D eigenvalue weighted by Gasteiger charge is -2.33. The van der Waals surface area contributed by atoms with Crippen molar-refractivity contribution in [3.05, 3.63) is 95.1 Å². The maximum atomic E-state index is 14.0. The smallest absolute Gasteiger partial charge is 0.264 e. The Morgan fingerprint density at radius 3 is 2.00 bits per heavy atom. The molecule has 0 bridgehead atoms. The van der Waals surface area contributed by atoms with Gasteiger partial charge >= 0.3 is 0 Å². The second-order valence-electron chi connectivity index (χ2n) is 11.1. The zero-order valence-electron chi connectivity index (χ0n) is 23.9. The summed E-state index contributed by atoms with van der Waals surface area (Å²) >= 11 is 0. The molecule has 0 aliphatic heterocycles. The van der Waals surface area contributed by atoms with Gasteiger partial charge in [0.15, 0.2) is 0 Å². The molecule has 39 heavy (non-hydrogen) atoms. The lowest BCUT2D eigenvalue weighted by molar-refractivity contribution is -0.140. The van der Waals surface area contributed by atoms with Crippen LogP contribution in [0.3, 0.4) is 0 Å². The zero-order chi connectivity index (χ0) is 29.0. The molecule has 1 N–H and O–H groups in total. The van der Waals surface area contributed by atoms with Crippen molar-refractivity contribution in [2.24, 2.45) is 0 Å². The first kappa shape index (κ1) is 29.9. The number of hydrogen-bond acceptors (Lipinski definition) is 4. The number of anilines is 1. The third kappa shape index (κ3) is 7.93. The summed E-state index contributed by atoms with van der Waals surface area (Å²) in [6.45, 7) is 12.7. The Morgan fingerprint density at radius 2 is 1.44 bits per heavy atom. The van der Waals surface area contributed by atoms with Crippen LogP contribution in [-0.4, -0.2) is 43.3 Å². The summed E-state index contributed by atoms with van der Waals surface area (Å²) in [4.78, 5) is 28.7. The minimum atomic E-state index is -4.09. The summed E-state index contributed by atoms with van der Waals surface area (Å²) in [5, 5.41) is 2.94. The van der Waals surface area contributed by atoms with Crippen molar-refractivity contribution in [1.29, 1.82) is 0 Å². The van der Waals surface area contributed by atoms with Gasteiger partial charge in [0.1, 0.15) is 12.6 Å². The first-order valence-corrected chi connectivity index (χ1v) is 14.4. The van der Waals surface area contributed by atoms with Gasteiger partial charge in [-0.25, -0.2) is 8.42 Å². The van der Waals surface area contributed by atoms with Gasteiger partial charge in [-0.2, -0.15) is 0 Å². The van der Waals surface area contributed by atoms with E-state index in [0.29, 0.717) is 5.69 Å². The van der Waals surface area contributed by atoms with Crippen molar-refractivity contribution in [2.75, 3.05) is 10.8 Å². The Morgan fingerprint density at radius 1 is 0.846 bits per heavy atom. The molecule has 0 aliphatic carbocycles. The molecule has 0 spiro atoms. The summed E-state index contributed by atoms with van der Waals surface area (Å²) < 4.78 is 28.9. The number of hydrogen-bond donors (Lipinski definition) is 1. The quantitative estimate of drug-likeness (QED) is 0.401. The average molecular weight is 550 g/mol. The van der Waals surface area contributed by atoms with Crippen molar-refractivity contribution in [3.63, 3.8) is 0 Å².